The predicted octanol–water partition coefficient (Wildman–Crippen LogP) is 1.44. The van der Waals surface area contributed by atoms with Crippen molar-refractivity contribution in [3.63, 3.8) is 0 Å². The van der Waals surface area contributed by atoms with Crippen LogP contribution < -0.4 is 5.56 Å². The number of cyclic esters (lactones) is 1. The lowest BCUT2D eigenvalue weighted by Gasteiger charge is -2.32. The molecule has 0 radical (unpaired) electrons. The van der Waals surface area contributed by atoms with Gasteiger partial charge in [0.05, 0.1) is 0 Å². The number of ether oxygens (including phenoxy) is 1. The second-order valence-electron chi connectivity index (χ2n) is 6.03. The van der Waals surface area contributed by atoms with Crippen LogP contribution in [0.3, 0.4) is 0 Å². The number of carbonyl (C=O) groups is 2. The van der Waals surface area contributed by atoms with Crippen LogP contribution in [0.1, 0.15) is 55.2 Å². The Hall–Kier alpha value is -2.11. The summed E-state index contributed by atoms with van der Waals surface area (Å²) in [5, 5.41) is 0. The Bertz CT molecular complexity index is 733. The molecule has 3 heterocycles. The quantitative estimate of drug-likeness (QED) is 0.788. The molecule has 0 spiro atoms. The topological polar surface area (TPSA) is 68.6 Å². The van der Waals surface area contributed by atoms with Gasteiger partial charge in [0.2, 0.25) is 5.60 Å². The molecule has 23 heavy (non-hydrogen) atoms. The summed E-state index contributed by atoms with van der Waals surface area (Å²) in [4.78, 5) is 39.7. The first-order chi connectivity index (χ1) is 11.0. The molecule has 124 valence electrons. The van der Waals surface area contributed by atoms with E-state index in [9.17, 15) is 14.4 Å². The number of amides is 1. The van der Waals surface area contributed by atoms with E-state index in [1.54, 1.807) is 9.47 Å². The summed E-state index contributed by atoms with van der Waals surface area (Å²) in [5.74, 6) is -0.908. The van der Waals surface area contributed by atoms with Gasteiger partial charge in [-0.3, -0.25) is 9.59 Å². The van der Waals surface area contributed by atoms with Crippen LogP contribution in [-0.4, -0.2) is 34.4 Å². The first-order valence-electron chi connectivity index (χ1n) is 8.30. The van der Waals surface area contributed by atoms with Crippen molar-refractivity contribution in [3.05, 3.63) is 33.2 Å². The van der Waals surface area contributed by atoms with Gasteiger partial charge in [0.15, 0.2) is 0 Å². The van der Waals surface area contributed by atoms with Crippen molar-refractivity contribution >= 4 is 11.9 Å². The zero-order valence-corrected chi connectivity index (χ0v) is 13.8. The van der Waals surface area contributed by atoms with E-state index < -0.39 is 11.6 Å². The van der Waals surface area contributed by atoms with E-state index in [1.165, 1.54) is 0 Å². The van der Waals surface area contributed by atoms with E-state index in [-0.39, 0.29) is 17.0 Å². The highest BCUT2D eigenvalue weighted by molar-refractivity contribution is 6.02. The van der Waals surface area contributed by atoms with E-state index in [4.69, 9.17) is 4.74 Å². The Morgan fingerprint density at radius 3 is 2.61 bits per heavy atom. The van der Waals surface area contributed by atoms with Crippen molar-refractivity contribution < 1.29 is 14.3 Å². The predicted molar refractivity (Wildman–Crippen MR) is 84.3 cm³/mol. The largest absolute Gasteiger partial charge is 0.440 e. The van der Waals surface area contributed by atoms with E-state index in [0.29, 0.717) is 31.6 Å². The Kier molecular flexibility index (Phi) is 3.78. The van der Waals surface area contributed by atoms with Gasteiger partial charge in [0.25, 0.3) is 11.5 Å². The van der Waals surface area contributed by atoms with E-state index in [2.05, 4.69) is 0 Å². The number of aromatic nitrogens is 1. The standard InChI is InChI=1S/C17H22N2O4/c1-4-17(16(22)18(5-2)6-3)12-10-11-8-7-9-19(11)14(20)13(12)15(21)23-17/h10H,4-9H2,1-3H3/t17-/m1/s1. The van der Waals surface area contributed by atoms with Gasteiger partial charge in [-0.25, -0.2) is 4.79 Å². The lowest BCUT2D eigenvalue weighted by atomic mass is 9.88. The van der Waals surface area contributed by atoms with Gasteiger partial charge < -0.3 is 14.2 Å². The van der Waals surface area contributed by atoms with Crippen molar-refractivity contribution in [1.82, 2.24) is 9.47 Å². The monoisotopic (exact) mass is 318 g/mol. The van der Waals surface area contributed by atoms with E-state index >= 15 is 0 Å². The zero-order chi connectivity index (χ0) is 16.8. The maximum atomic E-state index is 13.0. The number of esters is 1. The SMILES string of the molecule is CCN(CC)C(=O)[C@]1(CC)OC(=O)c2c1cc1n(c2=O)CCC1. The molecule has 6 nitrogen and oxygen atoms in total. The summed E-state index contributed by atoms with van der Waals surface area (Å²) in [5.41, 5.74) is -0.284. The van der Waals surface area contributed by atoms with Crippen LogP contribution in [-0.2, 0) is 28.1 Å². The molecule has 0 N–H and O–H groups in total. The number of likely N-dealkylation sites (N-methyl/N-ethyl adjacent to an activating group) is 1. The fourth-order valence-electron chi connectivity index (χ4n) is 3.69. The van der Waals surface area contributed by atoms with Crippen LogP contribution in [0.15, 0.2) is 10.9 Å². The number of nitrogens with zero attached hydrogens (tertiary/aromatic N) is 2. The summed E-state index contributed by atoms with van der Waals surface area (Å²) in [6.45, 7) is 7.29. The molecule has 0 aliphatic carbocycles. The van der Waals surface area contributed by atoms with Gasteiger partial charge in [0.1, 0.15) is 5.56 Å². The molecule has 2 aliphatic heterocycles. The van der Waals surface area contributed by atoms with Crippen molar-refractivity contribution in [2.24, 2.45) is 0 Å². The minimum absolute atomic E-state index is 0.0398. The average Bonchev–Trinajstić information content (AvgIpc) is 3.12. The first-order valence-corrected chi connectivity index (χ1v) is 8.30. The Labute approximate surface area is 135 Å². The van der Waals surface area contributed by atoms with E-state index in [0.717, 1.165) is 18.5 Å². The fourth-order valence-corrected chi connectivity index (χ4v) is 3.69. The third-order valence-electron chi connectivity index (χ3n) is 5.00. The number of rotatable bonds is 4. The molecule has 1 amide bonds. The molecular formula is C17H22N2O4. The highest BCUT2D eigenvalue weighted by atomic mass is 16.6. The molecule has 0 saturated carbocycles. The van der Waals surface area contributed by atoms with Crippen LogP contribution in [0.4, 0.5) is 0 Å². The van der Waals surface area contributed by atoms with E-state index in [1.807, 2.05) is 26.8 Å². The molecule has 0 aromatic carbocycles. The lowest BCUT2D eigenvalue weighted by molar-refractivity contribution is -0.152. The minimum atomic E-state index is -1.35. The maximum Gasteiger partial charge on any atom is 0.345 e. The number of carbonyl (C=O) groups excluding carboxylic acids is 2. The summed E-state index contributed by atoms with van der Waals surface area (Å²) >= 11 is 0. The molecule has 0 fully saturated rings. The molecule has 1 aromatic rings. The fraction of sp³-hybridized carbons (Fsp3) is 0.588. The van der Waals surface area contributed by atoms with Crippen LogP contribution >= 0.6 is 0 Å². The third-order valence-corrected chi connectivity index (χ3v) is 5.00. The van der Waals surface area contributed by atoms with Crippen molar-refractivity contribution in [3.8, 4) is 0 Å². The molecule has 2 aliphatic rings. The van der Waals surface area contributed by atoms with Crippen molar-refractivity contribution in [2.45, 2.75) is 52.2 Å². The highest BCUT2D eigenvalue weighted by Crippen LogP contribution is 2.40. The second-order valence-corrected chi connectivity index (χ2v) is 6.03. The first kappa shape index (κ1) is 15.8. The average molecular weight is 318 g/mol. The number of hydrogen-bond donors (Lipinski definition) is 0. The van der Waals surface area contributed by atoms with Crippen molar-refractivity contribution in [1.29, 1.82) is 0 Å². The third kappa shape index (κ3) is 2.04. The van der Waals surface area contributed by atoms with Gasteiger partial charge in [-0.15, -0.1) is 0 Å². The Morgan fingerprint density at radius 2 is 2.00 bits per heavy atom. The Balaban J connectivity index is 2.22. The van der Waals surface area contributed by atoms with Gasteiger partial charge in [-0.1, -0.05) is 6.92 Å². The van der Waals surface area contributed by atoms with Crippen LogP contribution in [0.25, 0.3) is 0 Å². The molecule has 3 rings (SSSR count). The van der Waals surface area contributed by atoms with Crippen LogP contribution in [0, 0.1) is 0 Å². The molecule has 1 aromatic heterocycles. The van der Waals surface area contributed by atoms with Gasteiger partial charge in [-0.2, -0.15) is 0 Å². The smallest absolute Gasteiger partial charge is 0.345 e. The summed E-state index contributed by atoms with van der Waals surface area (Å²) in [6.07, 6.45) is 2.00. The second kappa shape index (κ2) is 5.51. The summed E-state index contributed by atoms with van der Waals surface area (Å²) in [7, 11) is 0. The number of fused-ring (bicyclic) bond motifs is 2. The van der Waals surface area contributed by atoms with Crippen LogP contribution in [0.5, 0.6) is 0 Å². The number of hydrogen-bond acceptors (Lipinski definition) is 4. The van der Waals surface area contributed by atoms with Crippen molar-refractivity contribution in [2.75, 3.05) is 13.1 Å². The van der Waals surface area contributed by atoms with Gasteiger partial charge in [-0.05, 0) is 39.2 Å². The minimum Gasteiger partial charge on any atom is -0.440 e. The number of aryl methyl sites for hydroxylation is 1. The molecule has 1 atom stereocenters. The highest BCUT2D eigenvalue weighted by Gasteiger charge is 2.53. The molecule has 6 heteroatoms. The van der Waals surface area contributed by atoms with Gasteiger partial charge >= 0.3 is 5.97 Å². The maximum absolute atomic E-state index is 13.0. The lowest BCUT2D eigenvalue weighted by Crippen LogP contribution is -2.47. The molecule has 0 unspecified atom stereocenters. The summed E-state index contributed by atoms with van der Waals surface area (Å²) in [6, 6.07) is 1.83. The molecule has 0 bridgehead atoms. The number of pyridine rings is 1. The normalized spacial score (nSPS) is 21.8. The molecule has 0 saturated heterocycles. The zero-order valence-electron chi connectivity index (χ0n) is 13.8. The van der Waals surface area contributed by atoms with Crippen LogP contribution in [0.2, 0.25) is 0 Å². The summed E-state index contributed by atoms with van der Waals surface area (Å²) < 4.78 is 7.16. The Morgan fingerprint density at radius 1 is 1.30 bits per heavy atom. The van der Waals surface area contributed by atoms with Gasteiger partial charge in [0, 0.05) is 30.9 Å². The molecular weight excluding hydrogens is 296 g/mol.